The van der Waals surface area contributed by atoms with E-state index in [1.54, 1.807) is 12.1 Å². The standard InChI is InChI=1S/C90H108F2O4.2CH3.Hf/c1-53-37-65(91)49-73(71-45-63(89(21,22)51-83(3,4)5)47-75(79(71)93)77-67-41-59(85(9,10)11)31-27-55(67)39-56-28-32-60(42-68(56)77)86(12,13)14)81(53)95-35-25-26-36-96-82-54(2)38-66(92)50-74(82)72-46-64(90(23,24)52-84(6,7)8)48-76(80(72)94)78-69-43-61(87(15,16)17)33-29-57(69)40-58-30-34-62(44-70(58)78)88(18,19)20;;;/h27-34,37-50,93-94H,25-26,35-36,51-52H2,1-24H3;2*1H3;/q;2*-1;/p+2. The maximum atomic E-state index is 16.3. The number of aryl methyl sites for hydroxylation is 2. The smallest absolute Gasteiger partial charge is 0.265 e. The molecule has 4 nitrogen and oxygen atoms in total. The number of halogens is 2. The fourth-order valence-electron chi connectivity index (χ4n) is 15.3. The molecule has 10 aromatic carbocycles. The Morgan fingerprint density at radius 1 is 0.323 bits per heavy atom. The third kappa shape index (κ3) is 17.1. The molecule has 0 heterocycles. The molecule has 0 saturated carbocycles. The Bertz CT molecular complexity index is 4210. The first kappa shape index (κ1) is 79.5. The Balaban J connectivity index is 0.00000459. The number of ether oxygens (including phenoxy) is 2. The van der Waals surface area contributed by atoms with Crippen molar-refractivity contribution in [3.63, 3.8) is 0 Å². The van der Waals surface area contributed by atoms with E-state index >= 15 is 8.78 Å². The molecule has 0 aromatic heterocycles. The van der Waals surface area contributed by atoms with Crippen LogP contribution >= 0.6 is 0 Å². The van der Waals surface area contributed by atoms with Crippen LogP contribution in [0.3, 0.4) is 0 Å². The molecule has 0 unspecified atom stereocenters. The van der Waals surface area contributed by atoms with Crippen molar-refractivity contribution >= 4 is 43.1 Å². The zero-order chi connectivity index (χ0) is 70.5. The number of aromatic hydroxyl groups is 4. The molecule has 99 heavy (non-hydrogen) atoms. The molecule has 0 fully saturated rings. The summed E-state index contributed by atoms with van der Waals surface area (Å²) in [4.78, 5) is 0. The van der Waals surface area contributed by atoms with E-state index in [0.717, 1.165) is 78.2 Å². The molecule has 0 aliphatic carbocycles. The minimum atomic E-state index is -0.400. The first-order chi connectivity index (χ1) is 44.3. The van der Waals surface area contributed by atoms with Gasteiger partial charge in [0.25, 0.3) is 11.5 Å². The molecule has 4 N–H and O–H groups in total. The number of phenolic OH excluding ortho intramolecular Hbond substituents is 2. The molecule has 0 bridgehead atoms. The van der Waals surface area contributed by atoms with Crippen LogP contribution in [0.15, 0.2) is 133 Å². The van der Waals surface area contributed by atoms with E-state index in [0.29, 0.717) is 82.1 Å². The van der Waals surface area contributed by atoms with E-state index in [2.05, 4.69) is 262 Å². The number of rotatable bonds is 15. The van der Waals surface area contributed by atoms with Gasteiger partial charge in [0.15, 0.2) is 13.2 Å². The summed E-state index contributed by atoms with van der Waals surface area (Å²) in [5, 5.41) is 35.2. The molecular weight excluding hydrogens is 1390 g/mol. The summed E-state index contributed by atoms with van der Waals surface area (Å²) in [6.07, 6.45) is 3.00. The van der Waals surface area contributed by atoms with Crippen LogP contribution in [0.2, 0.25) is 0 Å². The number of hydrogen-bond acceptors (Lipinski definition) is 2. The van der Waals surface area contributed by atoms with Gasteiger partial charge >= 0.3 is 0 Å². The minimum absolute atomic E-state index is 0. The number of hydrogen-bond donors (Lipinski definition) is 2. The minimum Gasteiger partial charge on any atom is -0.582 e. The van der Waals surface area contributed by atoms with Crippen LogP contribution in [0.4, 0.5) is 8.78 Å². The second-order valence-corrected chi connectivity index (χ2v) is 36.0. The number of fused-ring (bicyclic) bond motifs is 4. The van der Waals surface area contributed by atoms with Gasteiger partial charge in [0.1, 0.15) is 23.1 Å². The molecule has 10 aromatic rings. The Morgan fingerprint density at radius 2 is 0.586 bits per heavy atom. The monoisotopic (exact) mass is 1500 g/mol. The Morgan fingerprint density at radius 3 is 0.838 bits per heavy atom. The summed E-state index contributed by atoms with van der Waals surface area (Å²) in [5.74, 6) is 0.638. The van der Waals surface area contributed by atoms with Crippen molar-refractivity contribution < 1.29 is 54.3 Å². The number of benzene rings is 10. The van der Waals surface area contributed by atoms with Gasteiger partial charge in [-0.1, -0.05) is 201 Å². The van der Waals surface area contributed by atoms with Crippen molar-refractivity contribution in [3.05, 3.63) is 204 Å². The molecule has 0 spiro atoms. The number of phenols is 2. The van der Waals surface area contributed by atoms with Gasteiger partial charge in [-0.15, -0.1) is 0 Å². The fourth-order valence-corrected chi connectivity index (χ4v) is 15.3. The van der Waals surface area contributed by atoms with Crippen LogP contribution in [0, 0.1) is 51.2 Å². The van der Waals surface area contributed by atoms with Gasteiger partial charge in [-0.3, -0.25) is 0 Å². The van der Waals surface area contributed by atoms with Gasteiger partial charge in [-0.05, 0) is 231 Å². The average Bonchev–Trinajstić information content (AvgIpc) is 0.736. The Hall–Kier alpha value is -6.83. The Labute approximate surface area is 613 Å². The predicted molar refractivity (Wildman–Crippen MR) is 421 cm³/mol. The summed E-state index contributed by atoms with van der Waals surface area (Å²) in [6.45, 7) is 54.2. The van der Waals surface area contributed by atoms with E-state index in [4.69, 9.17) is 9.47 Å². The largest absolute Gasteiger partial charge is 0.582 e. The van der Waals surface area contributed by atoms with Crippen molar-refractivity contribution in [2.75, 3.05) is 13.2 Å². The quantitative estimate of drug-likeness (QED) is 0.0353. The summed E-state index contributed by atoms with van der Waals surface area (Å²) in [5.41, 5.74) is 12.4. The molecule has 0 saturated heterocycles. The topological polar surface area (TPSA) is 66.1 Å². The molecule has 0 aliphatic heterocycles. The fraction of sp³-hybridized carbons (Fsp3) is 0.413. The zero-order valence-electron chi connectivity index (χ0n) is 65.0. The van der Waals surface area contributed by atoms with Gasteiger partial charge in [0.2, 0.25) is 0 Å². The van der Waals surface area contributed by atoms with Crippen molar-refractivity contribution in [1.29, 1.82) is 0 Å². The summed E-state index contributed by atoms with van der Waals surface area (Å²) < 4.78 is 43.3. The van der Waals surface area contributed by atoms with Crippen LogP contribution in [0.1, 0.15) is 223 Å². The van der Waals surface area contributed by atoms with Crippen molar-refractivity contribution in [2.24, 2.45) is 10.8 Å². The van der Waals surface area contributed by atoms with Crippen molar-refractivity contribution in [1.82, 2.24) is 0 Å². The van der Waals surface area contributed by atoms with Crippen molar-refractivity contribution in [3.8, 4) is 67.5 Å². The van der Waals surface area contributed by atoms with Crippen molar-refractivity contribution in [2.45, 2.75) is 224 Å². The van der Waals surface area contributed by atoms with Crippen LogP contribution in [0.5, 0.6) is 23.0 Å². The van der Waals surface area contributed by atoms with Gasteiger partial charge in [0.05, 0.1) is 11.1 Å². The van der Waals surface area contributed by atoms with E-state index in [9.17, 15) is 10.2 Å². The van der Waals surface area contributed by atoms with Gasteiger partial charge in [-0.25, -0.2) is 8.78 Å². The summed E-state index contributed by atoms with van der Waals surface area (Å²) in [6, 6.07) is 46.3. The predicted octanol–water partition coefficient (Wildman–Crippen LogP) is 26.8. The normalized spacial score (nSPS) is 12.8. The molecule has 0 amide bonds. The van der Waals surface area contributed by atoms with E-state index < -0.39 is 11.6 Å². The van der Waals surface area contributed by atoms with E-state index in [1.165, 1.54) is 34.4 Å². The molecular formula is C92H116F2HfO4. The van der Waals surface area contributed by atoms with Gasteiger partial charge in [-0.2, -0.15) is 0 Å². The van der Waals surface area contributed by atoms with Gasteiger partial charge in [0, 0.05) is 83.2 Å². The second kappa shape index (κ2) is 28.5. The van der Waals surface area contributed by atoms with Crippen LogP contribution in [-0.2, 0) is 58.3 Å². The summed E-state index contributed by atoms with van der Waals surface area (Å²) in [7, 11) is 0. The molecule has 0 aliphatic rings. The van der Waals surface area contributed by atoms with Crippen LogP contribution < -0.4 is 0 Å². The number of aliphatic hydroxyl groups is 2. The maximum Gasteiger partial charge on any atom is 0.265 e. The van der Waals surface area contributed by atoms with E-state index in [-0.39, 0.29) is 95.5 Å². The van der Waals surface area contributed by atoms with Crippen LogP contribution in [-0.4, -0.2) is 32.9 Å². The summed E-state index contributed by atoms with van der Waals surface area (Å²) >= 11 is 0. The first-order valence-corrected chi connectivity index (χ1v) is 35.0. The Kier molecular flexibility index (Phi) is 22.9. The maximum absolute atomic E-state index is 16.3. The molecule has 7 heteroatoms. The van der Waals surface area contributed by atoms with Gasteiger partial charge < -0.3 is 34.5 Å². The third-order valence-corrected chi connectivity index (χ3v) is 19.9. The third-order valence-electron chi connectivity index (χ3n) is 19.9. The average molecular weight is 1500 g/mol. The molecule has 526 valence electrons. The second-order valence-electron chi connectivity index (χ2n) is 36.0. The first-order valence-electron chi connectivity index (χ1n) is 35.0. The van der Waals surface area contributed by atoms with E-state index in [1.807, 2.05) is 13.8 Å². The SMILES string of the molecule is Cc1cc(F)cc(-c2cc(C(C)(C)CC(C)(C)C)cc(-c3c4cc(C(C)(C)C)ccc4cc4ccc(C(C)(C)C)cc34)c2O)c1[OH+]CCCC[OH+]c1c(C)cc(F)cc1-c1cc(C(C)(C)CC(C)(C)C)cc(-c2c3cc(C(C)(C)C)ccc3cc3ccc(C(C)(C)C)cc23)c1O.[CH3-].[CH3-].[Hf]. The molecule has 0 atom stereocenters. The number of unbranched alkanes of at least 4 members (excludes halogenated alkanes) is 1. The van der Waals surface area contributed by atoms with Crippen LogP contribution in [0.25, 0.3) is 87.6 Å². The molecule has 0 radical (unpaired) electrons. The zero-order valence-corrected chi connectivity index (χ0v) is 68.6. The molecule has 10 rings (SSSR count).